The van der Waals surface area contributed by atoms with Crippen molar-refractivity contribution in [1.29, 1.82) is 0 Å². The molecule has 0 spiro atoms. The normalized spacial score (nSPS) is 38.2. The summed E-state index contributed by atoms with van der Waals surface area (Å²) < 4.78 is 66.4. The van der Waals surface area contributed by atoms with E-state index in [2.05, 4.69) is 24.9 Å². The average Bonchev–Trinajstić information content (AvgIpc) is 3.73. The Hall–Kier alpha value is -2.68. The molecular weight excluding hydrogens is 644 g/mol. The number of anilines is 2. The summed E-state index contributed by atoms with van der Waals surface area (Å²) in [5.41, 5.74) is 19.9. The fourth-order valence-electron chi connectivity index (χ4n) is 5.38. The lowest BCUT2D eigenvalue weighted by atomic mass is 10.1. The second-order valence-electron chi connectivity index (χ2n) is 10.2. The van der Waals surface area contributed by atoms with Crippen molar-refractivity contribution in [3.63, 3.8) is 0 Å². The van der Waals surface area contributed by atoms with E-state index in [9.17, 15) is 9.46 Å². The summed E-state index contributed by atoms with van der Waals surface area (Å²) in [5, 5.41) is 0. The Labute approximate surface area is 253 Å². The Balaban J connectivity index is 1.17. The molecule has 0 amide bonds. The molecule has 0 saturated carbocycles. The maximum Gasteiger partial charge on any atom is 0.325 e. The van der Waals surface area contributed by atoms with Crippen LogP contribution in [0.4, 0.5) is 15.9 Å². The van der Waals surface area contributed by atoms with Crippen molar-refractivity contribution in [2.75, 3.05) is 24.7 Å². The van der Waals surface area contributed by atoms with Gasteiger partial charge in [-0.2, -0.15) is 0 Å². The SMILES string of the molecule is [B]P1(=O)OC[C@H]2O[C@@H](n3cnc4c(N)ncnc43)C(F)[C@H]2OP(O)(=S)OC[C@H]2O[C@@H](n3cnc4c(N)ccnc43)[C@@H](N)C2O1. The lowest BCUT2D eigenvalue weighted by Gasteiger charge is -2.30. The number of hydrogen-bond acceptors (Lipinski definition) is 16. The molecule has 0 aromatic carbocycles. The summed E-state index contributed by atoms with van der Waals surface area (Å²) >= 11 is 5.21. The number of imidazole rings is 2. The molecule has 18 nitrogen and oxygen atoms in total. The van der Waals surface area contributed by atoms with Gasteiger partial charge in [-0.05, 0) is 17.9 Å². The summed E-state index contributed by atoms with van der Waals surface area (Å²) in [7, 11) is 1.55. The van der Waals surface area contributed by atoms with Gasteiger partial charge in [0.15, 0.2) is 35.7 Å². The molecule has 0 bridgehead atoms. The first kappa shape index (κ1) is 30.0. The number of nitrogens with zero attached hydrogens (tertiary/aromatic N) is 7. The zero-order valence-electron chi connectivity index (χ0n) is 22.3. The van der Waals surface area contributed by atoms with Crippen molar-refractivity contribution in [2.45, 2.75) is 49.1 Å². The standard InChI is InChI=1S/C21H24BFN10O8P2S/c22-42(34)36-3-9-15(11(23)20(38-9)32-7-31-14-17(26)28-5-29-19(14)32)41-43(35,44)37-4-10-16(40-42)12(25)21(39-10)33-6-30-13-8(24)1-2-27-18(13)33/h1-2,5-7,9-12,15-16,20-21H,3-4,25H2,(H2,24,27)(H,35,44)(H2,26,28,29)/t9-,10-,11?,12+,15+,16?,20-,21-,42?,43?/m1/s1. The maximum atomic E-state index is 16.0. The first-order chi connectivity index (χ1) is 20.9. The lowest BCUT2D eigenvalue weighted by Crippen LogP contribution is -2.42. The number of nitrogens with two attached hydrogens (primary N) is 3. The van der Waals surface area contributed by atoms with Gasteiger partial charge in [0, 0.05) is 6.20 Å². The lowest BCUT2D eigenvalue weighted by molar-refractivity contribution is -0.0562. The van der Waals surface area contributed by atoms with Gasteiger partial charge in [0.1, 0.15) is 41.8 Å². The molecule has 2 radical (unpaired) electrons. The highest BCUT2D eigenvalue weighted by Gasteiger charge is 2.52. The summed E-state index contributed by atoms with van der Waals surface area (Å²) in [4.78, 5) is 31.6. The monoisotopic (exact) mass is 668 g/mol. The molecule has 4 aromatic rings. The molecular formula is C21H24BFN10O8P2S. The van der Waals surface area contributed by atoms with E-state index in [4.69, 9.17) is 64.1 Å². The van der Waals surface area contributed by atoms with Crippen molar-refractivity contribution in [3.8, 4) is 0 Å². The second-order valence-corrected chi connectivity index (χ2v) is 14.5. The minimum absolute atomic E-state index is 0.0727. The molecule has 10 atom stereocenters. The van der Waals surface area contributed by atoms with Gasteiger partial charge >= 0.3 is 6.72 Å². The summed E-state index contributed by atoms with van der Waals surface area (Å²) in [6, 6.07) is 0.560. The van der Waals surface area contributed by atoms with Gasteiger partial charge in [-0.1, -0.05) is 0 Å². The van der Waals surface area contributed by atoms with Gasteiger partial charge in [-0.25, -0.2) is 29.3 Å². The molecule has 3 saturated heterocycles. The number of alkyl halides is 1. The van der Waals surface area contributed by atoms with E-state index < -0.39 is 76.5 Å². The first-order valence-corrected chi connectivity index (χ1v) is 17.2. The van der Waals surface area contributed by atoms with E-state index in [1.807, 2.05) is 0 Å². The Kier molecular flexibility index (Phi) is 7.49. The van der Waals surface area contributed by atoms with Gasteiger partial charge in [0.05, 0.1) is 37.6 Å². The van der Waals surface area contributed by atoms with Crippen LogP contribution in [0, 0.1) is 0 Å². The fraction of sp³-hybridized carbons (Fsp3) is 0.476. The van der Waals surface area contributed by atoms with Crippen LogP contribution in [0.5, 0.6) is 0 Å². The van der Waals surface area contributed by atoms with Crippen LogP contribution in [0.25, 0.3) is 22.3 Å². The molecule has 3 aliphatic heterocycles. The molecule has 3 fully saturated rings. The molecule has 7 rings (SSSR count). The summed E-state index contributed by atoms with van der Waals surface area (Å²) in [5.74, 6) is 0.0727. The predicted molar refractivity (Wildman–Crippen MR) is 154 cm³/mol. The van der Waals surface area contributed by atoms with Gasteiger partial charge < -0.3 is 45.1 Å². The predicted octanol–water partition coefficient (Wildman–Crippen LogP) is 0.206. The Morgan fingerprint density at radius 3 is 2.41 bits per heavy atom. The zero-order chi connectivity index (χ0) is 31.0. The van der Waals surface area contributed by atoms with Gasteiger partial charge in [-0.3, -0.25) is 18.2 Å². The van der Waals surface area contributed by atoms with Crippen molar-refractivity contribution < 1.29 is 41.4 Å². The van der Waals surface area contributed by atoms with E-state index in [0.717, 1.165) is 0 Å². The smallest absolute Gasteiger partial charge is 0.325 e. The minimum Gasteiger partial charge on any atom is -0.397 e. The molecule has 7 N–H and O–H groups in total. The quantitative estimate of drug-likeness (QED) is 0.165. The number of hydrogen-bond donors (Lipinski definition) is 4. The number of aromatic nitrogens is 7. The summed E-state index contributed by atoms with van der Waals surface area (Å²) in [6.07, 6.45) is -4.15. The number of nitrogen functional groups attached to an aromatic ring is 2. The number of ether oxygens (including phenoxy) is 2. The largest absolute Gasteiger partial charge is 0.397 e. The topological polar surface area (TPSA) is 245 Å². The maximum absolute atomic E-state index is 16.0. The van der Waals surface area contributed by atoms with Crippen LogP contribution >= 0.6 is 14.2 Å². The third kappa shape index (κ3) is 5.21. The highest BCUT2D eigenvalue weighted by atomic mass is 32.5. The van der Waals surface area contributed by atoms with Gasteiger partial charge in [-0.15, -0.1) is 0 Å². The zero-order valence-corrected chi connectivity index (χ0v) is 25.0. The van der Waals surface area contributed by atoms with Crippen LogP contribution in [-0.4, -0.2) is 96.4 Å². The van der Waals surface area contributed by atoms with Crippen molar-refractivity contribution in [3.05, 3.63) is 31.2 Å². The van der Waals surface area contributed by atoms with E-state index in [1.165, 1.54) is 34.3 Å². The fourth-order valence-corrected chi connectivity index (χ4v) is 7.85. The van der Waals surface area contributed by atoms with Gasteiger partial charge in [0.25, 0.3) is 7.47 Å². The number of rotatable bonds is 2. The third-order valence-corrected chi connectivity index (χ3v) is 10.0. The van der Waals surface area contributed by atoms with E-state index in [-0.39, 0.29) is 17.0 Å². The Morgan fingerprint density at radius 1 is 0.955 bits per heavy atom. The third-order valence-electron chi connectivity index (χ3n) is 7.43. The summed E-state index contributed by atoms with van der Waals surface area (Å²) in [6.45, 7) is -5.23. The van der Waals surface area contributed by atoms with Gasteiger partial charge in [0.2, 0.25) is 7.57 Å². The minimum atomic E-state index is -4.40. The van der Waals surface area contributed by atoms with Crippen LogP contribution < -0.4 is 17.2 Å². The molecule has 23 heteroatoms. The Morgan fingerprint density at radius 2 is 1.61 bits per heavy atom. The molecule has 0 aliphatic carbocycles. The van der Waals surface area contributed by atoms with E-state index in [0.29, 0.717) is 16.9 Å². The van der Waals surface area contributed by atoms with Crippen LogP contribution in [0.1, 0.15) is 12.5 Å². The Bertz CT molecular complexity index is 1710. The van der Waals surface area contributed by atoms with Crippen molar-refractivity contribution >= 4 is 67.4 Å². The highest BCUT2D eigenvalue weighted by Crippen LogP contribution is 2.54. The molecule has 7 heterocycles. The van der Waals surface area contributed by atoms with Crippen LogP contribution in [0.3, 0.4) is 0 Å². The second kappa shape index (κ2) is 11.0. The number of pyridine rings is 1. The van der Waals surface area contributed by atoms with E-state index in [1.54, 1.807) is 6.07 Å². The molecule has 4 aromatic heterocycles. The van der Waals surface area contributed by atoms with E-state index >= 15 is 4.39 Å². The van der Waals surface area contributed by atoms with Crippen LogP contribution in [0.15, 0.2) is 31.2 Å². The molecule has 3 aliphatic rings. The van der Waals surface area contributed by atoms with Crippen molar-refractivity contribution in [1.82, 2.24) is 34.1 Å². The van der Waals surface area contributed by atoms with Crippen LogP contribution in [0.2, 0.25) is 0 Å². The van der Waals surface area contributed by atoms with Crippen molar-refractivity contribution in [2.24, 2.45) is 5.73 Å². The molecule has 44 heavy (non-hydrogen) atoms. The number of halogens is 1. The first-order valence-electron chi connectivity index (χ1n) is 13.0. The van der Waals surface area contributed by atoms with Crippen LogP contribution in [-0.2, 0) is 43.9 Å². The molecule has 4 unspecified atom stereocenters. The average molecular weight is 668 g/mol. The molecule has 232 valence electrons. The number of fused-ring (bicyclic) bond motifs is 4. The highest BCUT2D eigenvalue weighted by molar-refractivity contribution is 8.07.